The highest BCUT2D eigenvalue weighted by atomic mass is 16.2. The van der Waals surface area contributed by atoms with E-state index in [4.69, 9.17) is 0 Å². The monoisotopic (exact) mass is 353 g/mol. The first-order valence-electron chi connectivity index (χ1n) is 8.29. The van der Waals surface area contributed by atoms with Gasteiger partial charge < -0.3 is 15.5 Å². The summed E-state index contributed by atoms with van der Waals surface area (Å²) in [5, 5.41) is 5.35. The van der Waals surface area contributed by atoms with Crippen LogP contribution in [0.15, 0.2) is 48.5 Å². The Morgan fingerprint density at radius 2 is 1.58 bits per heavy atom. The van der Waals surface area contributed by atoms with Gasteiger partial charge in [-0.15, -0.1) is 0 Å². The number of nitrogens with zero attached hydrogens (tertiary/aromatic N) is 1. The number of carbonyl (C=O) groups excluding carboxylic acids is 3. The summed E-state index contributed by atoms with van der Waals surface area (Å²) in [7, 11) is 3.39. The summed E-state index contributed by atoms with van der Waals surface area (Å²) in [6, 6.07) is 14.3. The van der Waals surface area contributed by atoms with Gasteiger partial charge >= 0.3 is 0 Å². The van der Waals surface area contributed by atoms with Crippen molar-refractivity contribution >= 4 is 17.7 Å². The molecular formula is C20H23N3O3. The maximum atomic E-state index is 12.1. The molecule has 0 spiro atoms. The van der Waals surface area contributed by atoms with Crippen molar-refractivity contribution in [3.8, 4) is 0 Å². The topological polar surface area (TPSA) is 78.5 Å². The quantitative estimate of drug-likeness (QED) is 0.830. The van der Waals surface area contributed by atoms with Crippen molar-refractivity contribution < 1.29 is 14.4 Å². The van der Waals surface area contributed by atoms with E-state index >= 15 is 0 Å². The number of nitrogens with one attached hydrogen (secondary N) is 2. The van der Waals surface area contributed by atoms with Gasteiger partial charge in [-0.1, -0.05) is 30.3 Å². The van der Waals surface area contributed by atoms with Crippen LogP contribution < -0.4 is 10.6 Å². The Balaban J connectivity index is 1.81. The molecule has 2 rings (SSSR count). The molecule has 0 atom stereocenters. The molecular weight excluding hydrogens is 330 g/mol. The van der Waals surface area contributed by atoms with Gasteiger partial charge in [0, 0.05) is 31.8 Å². The Kier molecular flexibility index (Phi) is 6.49. The number of hydrogen-bond acceptors (Lipinski definition) is 3. The van der Waals surface area contributed by atoms with Crippen LogP contribution in [0.1, 0.15) is 31.8 Å². The van der Waals surface area contributed by atoms with E-state index < -0.39 is 0 Å². The molecule has 0 fully saturated rings. The third-order valence-electron chi connectivity index (χ3n) is 3.90. The van der Waals surface area contributed by atoms with Crippen molar-refractivity contribution in [2.24, 2.45) is 0 Å². The fraction of sp³-hybridized carbons (Fsp3) is 0.250. The van der Waals surface area contributed by atoms with E-state index in [9.17, 15) is 14.4 Å². The molecule has 6 heteroatoms. The van der Waals surface area contributed by atoms with Crippen LogP contribution >= 0.6 is 0 Å². The maximum absolute atomic E-state index is 12.1. The minimum Gasteiger partial charge on any atom is -0.350 e. The molecule has 26 heavy (non-hydrogen) atoms. The van der Waals surface area contributed by atoms with Gasteiger partial charge in [-0.05, 0) is 36.2 Å². The van der Waals surface area contributed by atoms with E-state index in [0.29, 0.717) is 17.7 Å². The summed E-state index contributed by atoms with van der Waals surface area (Å²) in [6.07, 6.45) is 0. The van der Waals surface area contributed by atoms with Crippen molar-refractivity contribution in [3.63, 3.8) is 0 Å². The molecule has 0 aliphatic carbocycles. The highest BCUT2D eigenvalue weighted by Gasteiger charge is 2.10. The molecule has 0 saturated carbocycles. The average Bonchev–Trinajstić information content (AvgIpc) is 2.64. The summed E-state index contributed by atoms with van der Waals surface area (Å²) in [5.41, 5.74) is 2.88. The number of carbonyl (C=O) groups is 3. The van der Waals surface area contributed by atoms with E-state index in [1.165, 1.54) is 4.90 Å². The SMILES string of the molecule is Cc1ccccc1C(=O)NCC(=O)NCc1ccc(C(=O)N(C)C)cc1. The summed E-state index contributed by atoms with van der Waals surface area (Å²) < 4.78 is 0. The normalized spacial score (nSPS) is 10.1. The molecule has 2 N–H and O–H groups in total. The molecule has 0 bridgehead atoms. The number of hydrogen-bond donors (Lipinski definition) is 2. The van der Waals surface area contributed by atoms with Crippen LogP contribution in [0.5, 0.6) is 0 Å². The van der Waals surface area contributed by atoms with E-state index in [0.717, 1.165) is 11.1 Å². The molecule has 2 aromatic rings. The third-order valence-corrected chi connectivity index (χ3v) is 3.90. The molecule has 6 nitrogen and oxygen atoms in total. The van der Waals surface area contributed by atoms with E-state index in [1.54, 1.807) is 50.5 Å². The third kappa shape index (κ3) is 5.17. The van der Waals surface area contributed by atoms with Gasteiger partial charge in [0.25, 0.3) is 11.8 Å². The molecule has 2 aromatic carbocycles. The molecule has 0 aliphatic heterocycles. The van der Waals surface area contributed by atoms with Gasteiger partial charge in [-0.3, -0.25) is 14.4 Å². The largest absolute Gasteiger partial charge is 0.350 e. The highest BCUT2D eigenvalue weighted by molar-refractivity contribution is 5.97. The second-order valence-corrected chi connectivity index (χ2v) is 6.17. The first kappa shape index (κ1) is 19.2. The predicted molar refractivity (Wildman–Crippen MR) is 99.8 cm³/mol. The Bertz CT molecular complexity index is 798. The number of benzene rings is 2. The lowest BCUT2D eigenvalue weighted by molar-refractivity contribution is -0.120. The minimum atomic E-state index is -0.277. The zero-order chi connectivity index (χ0) is 19.1. The summed E-state index contributed by atoms with van der Waals surface area (Å²) >= 11 is 0. The van der Waals surface area contributed by atoms with Crippen LogP contribution in [-0.4, -0.2) is 43.3 Å². The Labute approximate surface area is 153 Å². The Morgan fingerprint density at radius 1 is 0.923 bits per heavy atom. The predicted octanol–water partition coefficient (Wildman–Crippen LogP) is 1.74. The first-order valence-corrected chi connectivity index (χ1v) is 8.29. The van der Waals surface area contributed by atoms with Crippen molar-refractivity contribution in [3.05, 3.63) is 70.8 Å². The van der Waals surface area contributed by atoms with Crippen molar-refractivity contribution in [2.75, 3.05) is 20.6 Å². The fourth-order valence-electron chi connectivity index (χ4n) is 2.37. The van der Waals surface area contributed by atoms with Crippen LogP contribution in [0.25, 0.3) is 0 Å². The molecule has 0 radical (unpaired) electrons. The van der Waals surface area contributed by atoms with Gasteiger partial charge in [-0.25, -0.2) is 0 Å². The molecule has 0 saturated heterocycles. The summed E-state index contributed by atoms with van der Waals surface area (Å²) in [4.78, 5) is 37.3. The summed E-state index contributed by atoms with van der Waals surface area (Å²) in [6.45, 7) is 2.08. The Morgan fingerprint density at radius 3 is 2.19 bits per heavy atom. The number of amides is 3. The van der Waals surface area contributed by atoms with Gasteiger partial charge in [0.15, 0.2) is 0 Å². The van der Waals surface area contributed by atoms with Crippen LogP contribution in [0.2, 0.25) is 0 Å². The van der Waals surface area contributed by atoms with Crippen LogP contribution in [0.3, 0.4) is 0 Å². The first-order chi connectivity index (χ1) is 12.4. The van der Waals surface area contributed by atoms with Crippen LogP contribution in [0.4, 0.5) is 0 Å². The minimum absolute atomic E-state index is 0.0699. The van der Waals surface area contributed by atoms with Gasteiger partial charge in [0.05, 0.1) is 6.54 Å². The molecule has 0 aliphatic rings. The van der Waals surface area contributed by atoms with Crippen molar-refractivity contribution in [1.29, 1.82) is 0 Å². The second-order valence-electron chi connectivity index (χ2n) is 6.17. The average molecular weight is 353 g/mol. The van der Waals surface area contributed by atoms with E-state index in [2.05, 4.69) is 10.6 Å². The van der Waals surface area contributed by atoms with Crippen LogP contribution in [-0.2, 0) is 11.3 Å². The van der Waals surface area contributed by atoms with Crippen molar-refractivity contribution in [2.45, 2.75) is 13.5 Å². The smallest absolute Gasteiger partial charge is 0.253 e. The number of aryl methyl sites for hydroxylation is 1. The van der Waals surface area contributed by atoms with E-state index in [-0.39, 0.29) is 24.3 Å². The zero-order valence-electron chi connectivity index (χ0n) is 15.2. The standard InChI is InChI=1S/C20H23N3O3/c1-14-6-4-5-7-17(14)19(25)22-13-18(24)21-12-15-8-10-16(11-9-15)20(26)23(2)3/h4-11H,12-13H2,1-3H3,(H,21,24)(H,22,25). The molecule has 3 amide bonds. The van der Waals surface area contributed by atoms with Crippen LogP contribution in [0, 0.1) is 6.92 Å². The molecule has 0 heterocycles. The molecule has 0 aromatic heterocycles. The molecule has 0 unspecified atom stereocenters. The van der Waals surface area contributed by atoms with Gasteiger partial charge in [0.2, 0.25) is 5.91 Å². The van der Waals surface area contributed by atoms with Gasteiger partial charge in [-0.2, -0.15) is 0 Å². The van der Waals surface area contributed by atoms with E-state index in [1.807, 2.05) is 19.1 Å². The zero-order valence-corrected chi connectivity index (χ0v) is 15.2. The number of rotatable bonds is 6. The lowest BCUT2D eigenvalue weighted by atomic mass is 10.1. The summed E-state index contributed by atoms with van der Waals surface area (Å²) in [5.74, 6) is -0.621. The molecule has 136 valence electrons. The fourth-order valence-corrected chi connectivity index (χ4v) is 2.37. The lowest BCUT2D eigenvalue weighted by Crippen LogP contribution is -2.36. The Hall–Kier alpha value is -3.15. The lowest BCUT2D eigenvalue weighted by Gasteiger charge is -2.11. The second kappa shape index (κ2) is 8.80. The van der Waals surface area contributed by atoms with Gasteiger partial charge in [0.1, 0.15) is 0 Å². The highest BCUT2D eigenvalue weighted by Crippen LogP contribution is 2.07. The van der Waals surface area contributed by atoms with Crippen molar-refractivity contribution in [1.82, 2.24) is 15.5 Å². The maximum Gasteiger partial charge on any atom is 0.253 e.